The molecule has 1 atom stereocenters. The number of hydrogen-bond donors (Lipinski definition) is 1. The van der Waals surface area contributed by atoms with Gasteiger partial charge in [-0.15, -0.1) is 11.3 Å². The van der Waals surface area contributed by atoms with E-state index in [0.29, 0.717) is 10.8 Å². The molecular weight excluding hydrogens is 418 g/mol. The molecular formula is C20H16F2N2O3S2. The molecule has 150 valence electrons. The van der Waals surface area contributed by atoms with Crippen LogP contribution in [-0.2, 0) is 9.53 Å². The van der Waals surface area contributed by atoms with Crippen LogP contribution in [0.1, 0.15) is 17.3 Å². The molecule has 5 nitrogen and oxygen atoms in total. The van der Waals surface area contributed by atoms with Crippen molar-refractivity contribution in [3.8, 4) is 11.3 Å². The summed E-state index contributed by atoms with van der Waals surface area (Å²) in [4.78, 5) is 29.1. The third kappa shape index (κ3) is 5.61. The van der Waals surface area contributed by atoms with Crippen molar-refractivity contribution in [1.82, 2.24) is 4.98 Å². The highest BCUT2D eigenvalue weighted by Gasteiger charge is 2.23. The van der Waals surface area contributed by atoms with Gasteiger partial charge in [0.2, 0.25) is 0 Å². The first-order valence-electron chi connectivity index (χ1n) is 8.50. The van der Waals surface area contributed by atoms with Gasteiger partial charge in [0.25, 0.3) is 11.7 Å². The van der Waals surface area contributed by atoms with Gasteiger partial charge < -0.3 is 4.74 Å². The highest BCUT2D eigenvalue weighted by Crippen LogP contribution is 2.29. The minimum absolute atomic E-state index is 0.0157. The topological polar surface area (TPSA) is 68.3 Å². The smallest absolute Gasteiger partial charge is 0.340 e. The van der Waals surface area contributed by atoms with E-state index in [4.69, 9.17) is 4.74 Å². The van der Waals surface area contributed by atoms with Crippen molar-refractivity contribution < 1.29 is 23.1 Å². The first kappa shape index (κ1) is 20.9. The van der Waals surface area contributed by atoms with E-state index >= 15 is 0 Å². The summed E-state index contributed by atoms with van der Waals surface area (Å²) in [5, 5.41) is 4.77. The van der Waals surface area contributed by atoms with Crippen LogP contribution in [0, 0.1) is 0 Å². The predicted molar refractivity (Wildman–Crippen MR) is 109 cm³/mol. The van der Waals surface area contributed by atoms with Crippen LogP contribution in [0.2, 0.25) is 0 Å². The number of anilines is 1. The lowest BCUT2D eigenvalue weighted by atomic mass is 10.2. The second-order valence-corrected chi connectivity index (χ2v) is 7.71. The fraction of sp³-hybridized carbons (Fsp3) is 0.150. The second-order valence-electron chi connectivity index (χ2n) is 5.82. The largest absolute Gasteiger partial charge is 0.449 e. The first-order valence-corrected chi connectivity index (χ1v) is 10.3. The number of carbonyl (C=O) groups excluding carboxylic acids is 2. The van der Waals surface area contributed by atoms with Gasteiger partial charge in [0.15, 0.2) is 11.2 Å². The molecule has 29 heavy (non-hydrogen) atoms. The number of rotatable bonds is 7. The van der Waals surface area contributed by atoms with E-state index in [0.717, 1.165) is 5.56 Å². The van der Waals surface area contributed by atoms with Gasteiger partial charge in [0.05, 0.1) is 11.3 Å². The number of thioether (sulfide) groups is 1. The van der Waals surface area contributed by atoms with Crippen molar-refractivity contribution in [2.45, 2.75) is 23.7 Å². The molecule has 1 amide bonds. The Balaban J connectivity index is 1.63. The third-order valence-electron chi connectivity index (χ3n) is 3.78. The van der Waals surface area contributed by atoms with E-state index in [1.165, 1.54) is 36.5 Å². The molecule has 0 aliphatic heterocycles. The number of aromatic nitrogens is 1. The molecule has 0 radical (unpaired) electrons. The number of nitrogens with zero attached hydrogens (tertiary/aromatic N) is 1. The summed E-state index contributed by atoms with van der Waals surface area (Å²) in [6.45, 7) is 1.40. The molecule has 0 aliphatic carbocycles. The lowest BCUT2D eigenvalue weighted by molar-refractivity contribution is -0.123. The average molecular weight is 434 g/mol. The molecule has 1 heterocycles. The van der Waals surface area contributed by atoms with Crippen molar-refractivity contribution in [1.29, 1.82) is 0 Å². The molecule has 0 spiro atoms. The fourth-order valence-corrected chi connectivity index (χ4v) is 3.74. The maximum atomic E-state index is 12.7. The van der Waals surface area contributed by atoms with Gasteiger partial charge in [0, 0.05) is 15.8 Å². The highest BCUT2D eigenvalue weighted by atomic mass is 32.2. The zero-order valence-corrected chi connectivity index (χ0v) is 16.8. The summed E-state index contributed by atoms with van der Waals surface area (Å²) in [6.07, 6.45) is -1.13. The normalized spacial score (nSPS) is 11.9. The maximum absolute atomic E-state index is 12.7. The predicted octanol–water partition coefficient (Wildman–Crippen LogP) is 5.31. The Morgan fingerprint density at radius 2 is 1.79 bits per heavy atom. The van der Waals surface area contributed by atoms with Crippen LogP contribution in [0.4, 0.5) is 13.9 Å². The zero-order valence-electron chi connectivity index (χ0n) is 15.2. The van der Waals surface area contributed by atoms with Crippen LogP contribution in [0.5, 0.6) is 0 Å². The Kier molecular flexibility index (Phi) is 6.95. The SMILES string of the molecule is CC(OC(=O)c1ccccc1SC(F)F)C(=O)Nc1nc(-c2ccccc2)cs1. The van der Waals surface area contributed by atoms with Crippen LogP contribution in [-0.4, -0.2) is 28.7 Å². The van der Waals surface area contributed by atoms with Gasteiger partial charge in [-0.25, -0.2) is 9.78 Å². The van der Waals surface area contributed by atoms with Crippen LogP contribution in [0.25, 0.3) is 11.3 Å². The monoisotopic (exact) mass is 434 g/mol. The number of carbonyl (C=O) groups is 2. The molecule has 0 saturated heterocycles. The van der Waals surface area contributed by atoms with Gasteiger partial charge in [-0.1, -0.05) is 54.2 Å². The molecule has 3 aromatic rings. The van der Waals surface area contributed by atoms with E-state index in [1.807, 2.05) is 30.3 Å². The van der Waals surface area contributed by atoms with E-state index in [2.05, 4.69) is 10.3 Å². The number of alkyl halides is 2. The van der Waals surface area contributed by atoms with Gasteiger partial charge in [0.1, 0.15) is 0 Å². The van der Waals surface area contributed by atoms with Crippen molar-refractivity contribution in [3.63, 3.8) is 0 Å². The lowest BCUT2D eigenvalue weighted by Crippen LogP contribution is -2.30. The zero-order chi connectivity index (χ0) is 20.8. The third-order valence-corrected chi connectivity index (χ3v) is 5.33. The van der Waals surface area contributed by atoms with E-state index in [9.17, 15) is 18.4 Å². The highest BCUT2D eigenvalue weighted by molar-refractivity contribution is 7.99. The Morgan fingerprint density at radius 3 is 2.52 bits per heavy atom. The van der Waals surface area contributed by atoms with Crippen LogP contribution in [0.15, 0.2) is 64.9 Å². The molecule has 2 aromatic carbocycles. The Labute approximate surface area is 174 Å². The Bertz CT molecular complexity index is 996. The molecule has 0 saturated carbocycles. The van der Waals surface area contributed by atoms with E-state index in [1.54, 1.807) is 11.4 Å². The maximum Gasteiger partial charge on any atom is 0.340 e. The van der Waals surface area contributed by atoms with Gasteiger partial charge in [-0.05, 0) is 19.1 Å². The number of halogens is 2. The number of ether oxygens (including phenoxy) is 1. The fourth-order valence-electron chi connectivity index (χ4n) is 2.39. The number of hydrogen-bond acceptors (Lipinski definition) is 6. The van der Waals surface area contributed by atoms with Gasteiger partial charge >= 0.3 is 5.97 Å². The summed E-state index contributed by atoms with van der Waals surface area (Å²) in [5.41, 5.74) is 1.61. The summed E-state index contributed by atoms with van der Waals surface area (Å²) in [6, 6.07) is 15.3. The number of esters is 1. The average Bonchev–Trinajstić information content (AvgIpc) is 3.17. The first-order chi connectivity index (χ1) is 13.9. The molecule has 9 heteroatoms. The summed E-state index contributed by atoms with van der Waals surface area (Å²) in [5.74, 6) is -4.08. The second kappa shape index (κ2) is 9.62. The minimum Gasteiger partial charge on any atom is -0.449 e. The van der Waals surface area contributed by atoms with Crippen molar-refractivity contribution in [3.05, 3.63) is 65.5 Å². The molecule has 3 rings (SSSR count). The van der Waals surface area contributed by atoms with Crippen LogP contribution < -0.4 is 5.32 Å². The van der Waals surface area contributed by atoms with Gasteiger partial charge in [-0.2, -0.15) is 8.78 Å². The number of nitrogens with one attached hydrogen (secondary N) is 1. The molecule has 1 aromatic heterocycles. The van der Waals surface area contributed by atoms with Gasteiger partial charge in [-0.3, -0.25) is 10.1 Å². The summed E-state index contributed by atoms with van der Waals surface area (Å²) < 4.78 is 30.5. The van der Waals surface area contributed by atoms with E-state index < -0.39 is 23.7 Å². The lowest BCUT2D eigenvalue weighted by Gasteiger charge is -2.14. The molecule has 1 N–H and O–H groups in total. The van der Waals surface area contributed by atoms with Crippen molar-refractivity contribution in [2.75, 3.05) is 5.32 Å². The van der Waals surface area contributed by atoms with Crippen molar-refractivity contribution in [2.24, 2.45) is 0 Å². The summed E-state index contributed by atoms with van der Waals surface area (Å²) in [7, 11) is 0. The Morgan fingerprint density at radius 1 is 1.10 bits per heavy atom. The van der Waals surface area contributed by atoms with Crippen LogP contribution in [0.3, 0.4) is 0 Å². The summed E-state index contributed by atoms with van der Waals surface area (Å²) >= 11 is 1.49. The Hall–Kier alpha value is -2.78. The van der Waals surface area contributed by atoms with E-state index in [-0.39, 0.29) is 22.2 Å². The molecule has 0 bridgehead atoms. The number of thiazole rings is 1. The quantitative estimate of drug-likeness (QED) is 0.403. The molecule has 1 unspecified atom stereocenters. The van der Waals surface area contributed by atoms with Crippen LogP contribution >= 0.6 is 23.1 Å². The van der Waals surface area contributed by atoms with Crippen molar-refractivity contribution >= 4 is 40.1 Å². The minimum atomic E-state index is -2.67. The molecule has 0 aliphatic rings. The number of amides is 1. The molecule has 0 fully saturated rings. The number of benzene rings is 2. The standard InChI is InChI=1S/C20H16F2N2O3S2/c1-12(27-18(26)14-9-5-6-10-16(14)29-19(21)22)17(25)24-20-23-15(11-28-20)13-7-3-2-4-8-13/h2-12,19H,1H3,(H,23,24,25).